The predicted octanol–water partition coefficient (Wildman–Crippen LogP) is 2.43. The van der Waals surface area contributed by atoms with Crippen LogP contribution in [-0.4, -0.2) is 10.9 Å². The van der Waals surface area contributed by atoms with Crippen molar-refractivity contribution >= 4 is 17.3 Å². The van der Waals surface area contributed by atoms with Crippen LogP contribution in [0.4, 0.5) is 11.4 Å². The van der Waals surface area contributed by atoms with Crippen molar-refractivity contribution in [3.05, 3.63) is 41.1 Å². The van der Waals surface area contributed by atoms with Gasteiger partial charge in [-0.3, -0.25) is 4.79 Å². The maximum absolute atomic E-state index is 12.0. The van der Waals surface area contributed by atoms with Gasteiger partial charge in [-0.25, -0.2) is 4.98 Å². The van der Waals surface area contributed by atoms with Gasteiger partial charge in [-0.1, -0.05) is 0 Å². The average molecular weight is 245 g/mol. The van der Waals surface area contributed by atoms with E-state index in [1.54, 1.807) is 26.0 Å². The minimum Gasteiger partial charge on any atom is -0.436 e. The van der Waals surface area contributed by atoms with Crippen LogP contribution in [-0.2, 0) is 0 Å². The lowest BCUT2D eigenvalue weighted by atomic mass is 10.2. The number of aromatic nitrogens is 1. The molecule has 0 radical (unpaired) electrons. The summed E-state index contributed by atoms with van der Waals surface area (Å²) in [7, 11) is 0. The van der Waals surface area contributed by atoms with Gasteiger partial charge in [-0.2, -0.15) is 0 Å². The number of hydrogen-bond acceptors (Lipinski definition) is 4. The van der Waals surface area contributed by atoms with Crippen LogP contribution < -0.4 is 11.1 Å². The van der Waals surface area contributed by atoms with Crippen molar-refractivity contribution in [2.24, 2.45) is 0 Å². The highest BCUT2D eigenvalue weighted by Gasteiger charge is 2.16. The Bertz CT molecular complexity index is 602. The number of carbonyl (C=O) groups excluding carboxylic acids is 1. The van der Waals surface area contributed by atoms with Gasteiger partial charge in [0.05, 0.1) is 5.69 Å². The van der Waals surface area contributed by atoms with Crippen LogP contribution in [0, 0.1) is 20.8 Å². The molecule has 5 nitrogen and oxygen atoms in total. The highest BCUT2D eigenvalue weighted by molar-refractivity contribution is 6.03. The number of anilines is 2. The Morgan fingerprint density at radius 2 is 2.06 bits per heavy atom. The number of nitrogens with one attached hydrogen (secondary N) is 1. The Balaban J connectivity index is 2.21. The van der Waals surface area contributed by atoms with Gasteiger partial charge in [0.15, 0.2) is 5.89 Å². The maximum atomic E-state index is 12.0. The first-order valence-corrected chi connectivity index (χ1v) is 5.59. The number of amides is 1. The number of oxazole rings is 1. The van der Waals surface area contributed by atoms with Gasteiger partial charge >= 0.3 is 0 Å². The van der Waals surface area contributed by atoms with Crippen LogP contribution in [0.2, 0.25) is 0 Å². The molecule has 0 fully saturated rings. The number of hydrogen-bond donors (Lipinski definition) is 2. The molecule has 0 aliphatic carbocycles. The van der Waals surface area contributed by atoms with Crippen molar-refractivity contribution in [2.75, 3.05) is 11.1 Å². The van der Waals surface area contributed by atoms with Gasteiger partial charge < -0.3 is 15.5 Å². The van der Waals surface area contributed by atoms with Crippen molar-refractivity contribution in [3.8, 4) is 0 Å². The van der Waals surface area contributed by atoms with Gasteiger partial charge in [0.1, 0.15) is 0 Å². The minimum atomic E-state index is -0.308. The average Bonchev–Trinajstić information content (AvgIpc) is 2.63. The normalized spacial score (nSPS) is 10.4. The number of aryl methyl sites for hydroxylation is 3. The van der Waals surface area contributed by atoms with Gasteiger partial charge in [-0.05, 0) is 37.6 Å². The molecule has 0 unspecified atom stereocenters. The van der Waals surface area contributed by atoms with Gasteiger partial charge in [0.2, 0.25) is 5.76 Å². The number of nitrogens with two attached hydrogens (primary N) is 1. The van der Waals surface area contributed by atoms with E-state index in [1.807, 2.05) is 13.0 Å². The molecule has 18 heavy (non-hydrogen) atoms. The predicted molar refractivity (Wildman–Crippen MR) is 69.5 cm³/mol. The fourth-order valence-electron chi connectivity index (χ4n) is 1.68. The summed E-state index contributed by atoms with van der Waals surface area (Å²) < 4.78 is 5.25. The van der Waals surface area contributed by atoms with Crippen molar-refractivity contribution in [3.63, 3.8) is 0 Å². The largest absolute Gasteiger partial charge is 0.436 e. The smallest absolute Gasteiger partial charge is 0.293 e. The molecular formula is C13H15N3O2. The summed E-state index contributed by atoms with van der Waals surface area (Å²) in [6.45, 7) is 5.33. The third kappa shape index (κ3) is 2.34. The van der Waals surface area contributed by atoms with Crippen molar-refractivity contribution in [2.45, 2.75) is 20.8 Å². The Kier molecular flexibility index (Phi) is 3.06. The zero-order valence-corrected chi connectivity index (χ0v) is 10.6. The molecule has 1 heterocycles. The summed E-state index contributed by atoms with van der Waals surface area (Å²) >= 11 is 0. The van der Waals surface area contributed by atoms with Gasteiger partial charge in [0, 0.05) is 18.3 Å². The molecule has 94 valence electrons. The van der Waals surface area contributed by atoms with Crippen LogP contribution in [0.1, 0.15) is 27.7 Å². The molecule has 2 rings (SSSR count). The summed E-state index contributed by atoms with van der Waals surface area (Å²) in [4.78, 5) is 16.0. The summed E-state index contributed by atoms with van der Waals surface area (Å²) in [6, 6.07) is 5.31. The van der Waals surface area contributed by atoms with Gasteiger partial charge in [0.25, 0.3) is 5.91 Å². The van der Waals surface area contributed by atoms with E-state index in [4.69, 9.17) is 10.2 Å². The number of carbonyl (C=O) groups is 1. The van der Waals surface area contributed by atoms with E-state index in [0.717, 1.165) is 5.56 Å². The van der Waals surface area contributed by atoms with Crippen LogP contribution in [0.25, 0.3) is 0 Å². The van der Waals surface area contributed by atoms with E-state index in [1.165, 1.54) is 0 Å². The molecule has 0 saturated heterocycles. The quantitative estimate of drug-likeness (QED) is 0.796. The molecule has 1 aromatic carbocycles. The van der Waals surface area contributed by atoms with Gasteiger partial charge in [-0.15, -0.1) is 0 Å². The second-order valence-electron chi connectivity index (χ2n) is 4.17. The number of nitrogens with zero attached hydrogens (tertiary/aromatic N) is 1. The lowest BCUT2D eigenvalue weighted by Gasteiger charge is -2.06. The van der Waals surface area contributed by atoms with E-state index >= 15 is 0 Å². The Morgan fingerprint density at radius 1 is 1.33 bits per heavy atom. The molecule has 0 bridgehead atoms. The molecule has 0 atom stereocenters. The van der Waals surface area contributed by atoms with Crippen molar-refractivity contribution < 1.29 is 9.21 Å². The molecule has 1 aromatic heterocycles. The van der Waals surface area contributed by atoms with Crippen LogP contribution >= 0.6 is 0 Å². The number of rotatable bonds is 2. The maximum Gasteiger partial charge on any atom is 0.293 e. The monoisotopic (exact) mass is 245 g/mol. The molecule has 0 spiro atoms. The summed E-state index contributed by atoms with van der Waals surface area (Å²) in [5.74, 6) is 0.408. The Morgan fingerprint density at radius 3 is 2.61 bits per heavy atom. The van der Waals surface area contributed by atoms with E-state index in [0.29, 0.717) is 23.0 Å². The Labute approximate surface area is 105 Å². The zero-order valence-electron chi connectivity index (χ0n) is 10.6. The molecule has 0 aliphatic rings. The van der Waals surface area contributed by atoms with Crippen molar-refractivity contribution in [1.82, 2.24) is 4.98 Å². The second-order valence-corrected chi connectivity index (χ2v) is 4.17. The third-order valence-electron chi connectivity index (χ3n) is 2.64. The first-order valence-electron chi connectivity index (χ1n) is 5.59. The molecule has 0 saturated carbocycles. The lowest BCUT2D eigenvalue weighted by Crippen LogP contribution is -2.12. The SMILES string of the molecule is Cc1nc(C)c(C(=O)Nc2ccc(N)c(C)c2)o1. The number of benzene rings is 1. The Hall–Kier alpha value is -2.30. The second kappa shape index (κ2) is 4.52. The zero-order chi connectivity index (χ0) is 13.3. The standard InChI is InChI=1S/C13H15N3O2/c1-7-6-10(4-5-11(7)14)16-13(17)12-8(2)15-9(3)18-12/h4-6H,14H2,1-3H3,(H,16,17). The lowest BCUT2D eigenvalue weighted by molar-refractivity contribution is 0.0994. The molecular weight excluding hydrogens is 230 g/mol. The van der Waals surface area contributed by atoms with E-state index in [9.17, 15) is 4.79 Å². The summed E-state index contributed by atoms with van der Waals surface area (Å²) in [5, 5.41) is 2.75. The molecule has 0 aliphatic heterocycles. The third-order valence-corrected chi connectivity index (χ3v) is 2.64. The topological polar surface area (TPSA) is 81.2 Å². The minimum absolute atomic E-state index is 0.238. The summed E-state index contributed by atoms with van der Waals surface area (Å²) in [5.41, 5.74) is 8.59. The fourth-order valence-corrected chi connectivity index (χ4v) is 1.68. The highest BCUT2D eigenvalue weighted by Crippen LogP contribution is 2.18. The van der Waals surface area contributed by atoms with E-state index < -0.39 is 0 Å². The molecule has 1 amide bonds. The molecule has 2 aromatic rings. The van der Waals surface area contributed by atoms with E-state index in [-0.39, 0.29) is 11.7 Å². The molecule has 3 N–H and O–H groups in total. The van der Waals surface area contributed by atoms with Crippen LogP contribution in [0.15, 0.2) is 22.6 Å². The summed E-state index contributed by atoms with van der Waals surface area (Å²) in [6.07, 6.45) is 0. The van der Waals surface area contributed by atoms with Crippen LogP contribution in [0.5, 0.6) is 0 Å². The first-order chi connectivity index (χ1) is 8.47. The van der Waals surface area contributed by atoms with E-state index in [2.05, 4.69) is 10.3 Å². The van der Waals surface area contributed by atoms with Crippen molar-refractivity contribution in [1.29, 1.82) is 0 Å². The fraction of sp³-hybridized carbons (Fsp3) is 0.231. The highest BCUT2D eigenvalue weighted by atomic mass is 16.4. The number of nitrogen functional groups attached to an aromatic ring is 1. The molecule has 5 heteroatoms. The van der Waals surface area contributed by atoms with Crippen LogP contribution in [0.3, 0.4) is 0 Å². The first kappa shape index (κ1) is 12.2.